The molecule has 2 bridgehead atoms. The van der Waals surface area contributed by atoms with E-state index in [2.05, 4.69) is 10.9 Å². The molecule has 11 heteroatoms. The number of amides is 5. The number of benzene rings is 2. The molecule has 0 aliphatic carbocycles. The van der Waals surface area contributed by atoms with Gasteiger partial charge >= 0.3 is 12.1 Å². The first-order valence-electron chi connectivity index (χ1n) is 12.5. The molecule has 0 radical (unpaired) electrons. The average molecular weight is 524 g/mol. The number of carbonyl (C=O) groups excluding carboxylic acids is 3. The van der Waals surface area contributed by atoms with Gasteiger partial charge in [0.15, 0.2) is 0 Å². The van der Waals surface area contributed by atoms with E-state index in [4.69, 9.17) is 4.84 Å². The first-order valence-corrected chi connectivity index (χ1v) is 12.5. The molecule has 3 N–H and O–H groups in total. The fourth-order valence-electron chi connectivity index (χ4n) is 4.90. The Bertz CT molecular complexity index is 1170. The summed E-state index contributed by atoms with van der Waals surface area (Å²) in [6.07, 6.45) is -0.314. The number of hydroxylamine groups is 2. The van der Waals surface area contributed by atoms with Crippen LogP contribution >= 0.6 is 0 Å². The van der Waals surface area contributed by atoms with Crippen molar-refractivity contribution >= 4 is 23.9 Å². The van der Waals surface area contributed by atoms with E-state index in [1.165, 1.54) is 9.96 Å². The SMILES string of the molecule is CC(C)(C)N(C(=O)O)C(C(=O)NNC(=O)[C@@H]1CC[C@@H]2CN1C(=O)N2OCc1ccccc1)c1ccccc1. The number of hydrogen-bond donors (Lipinski definition) is 3. The summed E-state index contributed by atoms with van der Waals surface area (Å²) in [5.74, 6) is -1.27. The van der Waals surface area contributed by atoms with Crippen LogP contribution in [0.3, 0.4) is 0 Å². The summed E-state index contributed by atoms with van der Waals surface area (Å²) in [6, 6.07) is 15.4. The molecule has 38 heavy (non-hydrogen) atoms. The molecule has 202 valence electrons. The van der Waals surface area contributed by atoms with Gasteiger partial charge in [-0.3, -0.25) is 30.2 Å². The fraction of sp³-hybridized carbons (Fsp3) is 0.407. The van der Waals surface area contributed by atoms with E-state index in [9.17, 15) is 24.3 Å². The largest absolute Gasteiger partial charge is 0.465 e. The van der Waals surface area contributed by atoms with Crippen molar-refractivity contribution < 1.29 is 29.1 Å². The molecule has 2 aromatic carbocycles. The molecule has 2 heterocycles. The quantitative estimate of drug-likeness (QED) is 0.478. The highest BCUT2D eigenvalue weighted by atomic mass is 16.7. The van der Waals surface area contributed by atoms with E-state index < -0.39 is 41.6 Å². The molecule has 2 aromatic rings. The third kappa shape index (κ3) is 5.72. The molecule has 2 fully saturated rings. The van der Waals surface area contributed by atoms with E-state index in [1.54, 1.807) is 51.1 Å². The van der Waals surface area contributed by atoms with Crippen LogP contribution in [-0.2, 0) is 21.0 Å². The van der Waals surface area contributed by atoms with E-state index >= 15 is 0 Å². The van der Waals surface area contributed by atoms with Gasteiger partial charge in [0.2, 0.25) is 0 Å². The van der Waals surface area contributed by atoms with Gasteiger partial charge in [-0.05, 0) is 44.7 Å². The highest BCUT2D eigenvalue weighted by molar-refractivity contribution is 5.92. The van der Waals surface area contributed by atoms with Crippen molar-refractivity contribution in [2.24, 2.45) is 0 Å². The maximum atomic E-state index is 13.3. The van der Waals surface area contributed by atoms with Crippen LogP contribution < -0.4 is 10.9 Å². The van der Waals surface area contributed by atoms with E-state index in [0.29, 0.717) is 24.9 Å². The minimum Gasteiger partial charge on any atom is -0.465 e. The Balaban J connectivity index is 1.41. The molecule has 2 aliphatic rings. The number of carboxylic acid groups (broad SMARTS) is 1. The van der Waals surface area contributed by atoms with Crippen LogP contribution in [-0.4, -0.2) is 68.1 Å². The van der Waals surface area contributed by atoms with Gasteiger partial charge in [-0.25, -0.2) is 9.59 Å². The summed E-state index contributed by atoms with van der Waals surface area (Å²) in [6.45, 7) is 5.63. The molecular weight excluding hydrogens is 490 g/mol. The molecular formula is C27H33N5O6. The lowest BCUT2D eigenvalue weighted by Crippen LogP contribution is -2.57. The maximum absolute atomic E-state index is 13.3. The van der Waals surface area contributed by atoms with Crippen molar-refractivity contribution in [1.29, 1.82) is 0 Å². The van der Waals surface area contributed by atoms with Crippen LogP contribution in [0.15, 0.2) is 60.7 Å². The number of carbonyl (C=O) groups is 4. The highest BCUT2D eigenvalue weighted by Crippen LogP contribution is 2.31. The third-order valence-electron chi connectivity index (χ3n) is 6.70. The standard InChI is InChI=1S/C27H33N5O6/c1-27(2,3)31(26(36)37)22(19-12-8-5-9-13-19)24(34)29-28-23(33)21-15-14-20-16-30(21)25(35)32(20)38-17-18-10-6-4-7-11-18/h4-13,20-22H,14-17H2,1-3H3,(H,28,33)(H,29,34)(H,36,37)/t20-,21+,22?/m1/s1. The predicted octanol–water partition coefficient (Wildman–Crippen LogP) is 3.05. The van der Waals surface area contributed by atoms with Crippen molar-refractivity contribution in [1.82, 2.24) is 25.7 Å². The number of piperidine rings is 1. The molecule has 0 aromatic heterocycles. The monoisotopic (exact) mass is 523 g/mol. The molecule has 11 nitrogen and oxygen atoms in total. The van der Waals surface area contributed by atoms with Gasteiger partial charge in [0.1, 0.15) is 18.7 Å². The van der Waals surface area contributed by atoms with Gasteiger partial charge in [-0.15, -0.1) is 0 Å². The number of hydrazine groups is 1. The normalized spacial score (nSPS) is 19.6. The van der Waals surface area contributed by atoms with Crippen LogP contribution in [0.25, 0.3) is 0 Å². The van der Waals surface area contributed by atoms with Crippen LogP contribution in [0.1, 0.15) is 50.8 Å². The van der Waals surface area contributed by atoms with E-state index in [0.717, 1.165) is 10.5 Å². The summed E-state index contributed by atoms with van der Waals surface area (Å²) in [5.41, 5.74) is 5.28. The van der Waals surface area contributed by atoms with Crippen molar-refractivity contribution in [3.8, 4) is 0 Å². The summed E-state index contributed by atoms with van der Waals surface area (Å²) < 4.78 is 0. The summed E-state index contributed by atoms with van der Waals surface area (Å²) >= 11 is 0. The van der Waals surface area contributed by atoms with Crippen molar-refractivity contribution in [3.63, 3.8) is 0 Å². The first-order chi connectivity index (χ1) is 18.1. The van der Waals surface area contributed by atoms with Gasteiger partial charge < -0.3 is 10.0 Å². The zero-order valence-corrected chi connectivity index (χ0v) is 21.7. The maximum Gasteiger partial charge on any atom is 0.408 e. The van der Waals surface area contributed by atoms with Crippen molar-refractivity contribution in [3.05, 3.63) is 71.8 Å². The van der Waals surface area contributed by atoms with Gasteiger partial charge in [0.05, 0.1) is 6.04 Å². The topological polar surface area (TPSA) is 132 Å². The average Bonchev–Trinajstić information content (AvgIpc) is 3.13. The highest BCUT2D eigenvalue weighted by Gasteiger charge is 2.48. The summed E-state index contributed by atoms with van der Waals surface area (Å²) in [4.78, 5) is 59.8. The van der Waals surface area contributed by atoms with Crippen LogP contribution in [0.5, 0.6) is 0 Å². The smallest absolute Gasteiger partial charge is 0.408 e. The molecule has 4 rings (SSSR count). The van der Waals surface area contributed by atoms with Crippen LogP contribution in [0.2, 0.25) is 0 Å². The number of rotatable bonds is 7. The second-order valence-electron chi connectivity index (χ2n) is 10.4. The van der Waals surface area contributed by atoms with Gasteiger partial charge in [0, 0.05) is 12.1 Å². The van der Waals surface area contributed by atoms with Crippen molar-refractivity contribution in [2.45, 2.75) is 63.9 Å². The van der Waals surface area contributed by atoms with E-state index in [1.807, 2.05) is 30.3 Å². The lowest BCUT2D eigenvalue weighted by atomic mass is 9.98. The fourth-order valence-corrected chi connectivity index (χ4v) is 4.90. The lowest BCUT2D eigenvalue weighted by molar-refractivity contribution is -0.140. The molecule has 2 aliphatic heterocycles. The molecule has 1 unspecified atom stereocenters. The molecule has 3 atom stereocenters. The number of urea groups is 1. The van der Waals surface area contributed by atoms with Crippen LogP contribution in [0, 0.1) is 0 Å². The first kappa shape index (κ1) is 26.9. The summed E-state index contributed by atoms with van der Waals surface area (Å²) in [5, 5.41) is 11.2. The zero-order valence-electron chi connectivity index (χ0n) is 21.7. The number of nitrogens with zero attached hydrogens (tertiary/aromatic N) is 3. The third-order valence-corrected chi connectivity index (χ3v) is 6.70. The Kier molecular flexibility index (Phi) is 7.86. The van der Waals surface area contributed by atoms with E-state index in [-0.39, 0.29) is 12.6 Å². The van der Waals surface area contributed by atoms with Gasteiger partial charge in [-0.1, -0.05) is 60.7 Å². The second kappa shape index (κ2) is 11.1. The molecule has 2 saturated heterocycles. The minimum atomic E-state index is -1.27. The Morgan fingerprint density at radius 1 is 1.03 bits per heavy atom. The number of hydrogen-bond acceptors (Lipinski definition) is 5. The second-order valence-corrected chi connectivity index (χ2v) is 10.4. The number of fused-ring (bicyclic) bond motifs is 2. The molecule has 0 spiro atoms. The Morgan fingerprint density at radius 2 is 1.66 bits per heavy atom. The van der Waals surface area contributed by atoms with Gasteiger partial charge in [-0.2, -0.15) is 5.06 Å². The van der Waals surface area contributed by atoms with Gasteiger partial charge in [0.25, 0.3) is 11.8 Å². The zero-order chi connectivity index (χ0) is 27.4. The Morgan fingerprint density at radius 3 is 2.26 bits per heavy atom. The lowest BCUT2D eigenvalue weighted by Gasteiger charge is -2.39. The Hall–Kier alpha value is -4.12. The minimum absolute atomic E-state index is 0.164. The number of nitrogens with one attached hydrogen (secondary N) is 2. The predicted molar refractivity (Wildman–Crippen MR) is 137 cm³/mol. The molecule has 5 amide bonds. The van der Waals surface area contributed by atoms with Crippen molar-refractivity contribution in [2.75, 3.05) is 6.54 Å². The molecule has 0 saturated carbocycles. The van der Waals surface area contributed by atoms with Crippen LogP contribution in [0.4, 0.5) is 9.59 Å². The summed E-state index contributed by atoms with van der Waals surface area (Å²) in [7, 11) is 0. The Labute approximate surface area is 221 Å².